The fraction of sp³-hybridized carbons (Fsp3) is 0.185. The van der Waals surface area contributed by atoms with Crippen LogP contribution in [0.1, 0.15) is 39.8 Å². The summed E-state index contributed by atoms with van der Waals surface area (Å²) in [5, 5.41) is 3.98. The lowest BCUT2D eigenvalue weighted by Gasteiger charge is -2.27. The Kier molecular flexibility index (Phi) is 6.38. The van der Waals surface area contributed by atoms with E-state index in [1.54, 1.807) is 30.6 Å². The number of hydrogen-bond acceptors (Lipinski definition) is 5. The molecule has 38 heavy (non-hydrogen) atoms. The van der Waals surface area contributed by atoms with E-state index in [2.05, 4.69) is 10.1 Å². The number of amidine groups is 1. The smallest absolute Gasteiger partial charge is 0.416 e. The van der Waals surface area contributed by atoms with Crippen molar-refractivity contribution in [3.05, 3.63) is 113 Å². The Balaban J connectivity index is 1.62. The second-order valence-corrected chi connectivity index (χ2v) is 8.66. The summed E-state index contributed by atoms with van der Waals surface area (Å²) in [4.78, 5) is 11.1. The topological polar surface area (TPSA) is 50.9 Å². The van der Waals surface area contributed by atoms with Crippen molar-refractivity contribution in [3.8, 4) is 11.1 Å². The van der Waals surface area contributed by atoms with Crippen LogP contribution in [-0.2, 0) is 23.7 Å². The molecule has 1 aliphatic heterocycles. The van der Waals surface area contributed by atoms with Gasteiger partial charge in [0.05, 0.1) is 23.9 Å². The Bertz CT molecular complexity index is 1450. The SMILES string of the molecule is Cc1ccccc1-c1ccncc1CN1C(c2ccco2)=NOC1c1cc(C(F)(F)F)cc(C(F)(F)F)c1. The summed E-state index contributed by atoms with van der Waals surface area (Å²) in [6.45, 7) is 1.93. The lowest BCUT2D eigenvalue weighted by molar-refractivity contribution is -0.143. The number of benzene rings is 2. The van der Waals surface area contributed by atoms with E-state index in [-0.39, 0.29) is 29.8 Å². The highest BCUT2D eigenvalue weighted by Gasteiger charge is 2.41. The van der Waals surface area contributed by atoms with E-state index in [0.717, 1.165) is 16.7 Å². The van der Waals surface area contributed by atoms with Gasteiger partial charge in [0.15, 0.2) is 5.76 Å². The second kappa shape index (κ2) is 9.55. The van der Waals surface area contributed by atoms with Gasteiger partial charge in [-0.1, -0.05) is 29.4 Å². The fourth-order valence-electron chi connectivity index (χ4n) is 4.31. The number of halogens is 6. The molecule has 0 aliphatic carbocycles. The number of aryl methyl sites for hydroxylation is 1. The van der Waals surface area contributed by atoms with Crippen LogP contribution in [-0.4, -0.2) is 15.7 Å². The third-order valence-electron chi connectivity index (χ3n) is 6.11. The first-order chi connectivity index (χ1) is 18.0. The van der Waals surface area contributed by atoms with Gasteiger partial charge in [0.1, 0.15) is 0 Å². The van der Waals surface area contributed by atoms with Crippen molar-refractivity contribution in [3.63, 3.8) is 0 Å². The van der Waals surface area contributed by atoms with Crippen molar-refractivity contribution in [2.45, 2.75) is 32.0 Å². The number of rotatable bonds is 5. The summed E-state index contributed by atoms with van der Waals surface area (Å²) >= 11 is 0. The molecule has 4 aromatic rings. The summed E-state index contributed by atoms with van der Waals surface area (Å²) < 4.78 is 86.9. The molecule has 0 N–H and O–H groups in total. The summed E-state index contributed by atoms with van der Waals surface area (Å²) in [7, 11) is 0. The van der Waals surface area contributed by atoms with E-state index in [9.17, 15) is 26.3 Å². The zero-order chi connectivity index (χ0) is 27.1. The van der Waals surface area contributed by atoms with Gasteiger partial charge in [0.2, 0.25) is 12.1 Å². The van der Waals surface area contributed by atoms with Gasteiger partial charge in [-0.05, 0) is 65.6 Å². The van der Waals surface area contributed by atoms with Gasteiger partial charge in [-0.25, -0.2) is 0 Å². The standard InChI is InChI=1S/C27H19F6N3O2/c1-16-5-2-3-6-21(16)22-8-9-34-14-18(22)15-36-24(23-7-4-10-37-23)35-38-25(36)17-11-19(26(28,29)30)13-20(12-17)27(31,32)33/h2-14,25H,15H2,1H3. The lowest BCUT2D eigenvalue weighted by Crippen LogP contribution is -2.31. The minimum absolute atomic E-state index is 0.000690. The van der Waals surface area contributed by atoms with Crippen molar-refractivity contribution >= 4 is 5.84 Å². The van der Waals surface area contributed by atoms with Crippen LogP contribution in [0.2, 0.25) is 0 Å². The summed E-state index contributed by atoms with van der Waals surface area (Å²) in [6.07, 6.45) is -6.85. The van der Waals surface area contributed by atoms with E-state index >= 15 is 0 Å². The van der Waals surface area contributed by atoms with Crippen LogP contribution in [0, 0.1) is 6.92 Å². The highest BCUT2D eigenvalue weighted by molar-refractivity contribution is 5.97. The minimum atomic E-state index is -5.01. The van der Waals surface area contributed by atoms with Gasteiger partial charge in [0.25, 0.3) is 0 Å². The number of alkyl halides is 6. The molecule has 2 aromatic heterocycles. The van der Waals surface area contributed by atoms with Crippen molar-refractivity contribution in [1.82, 2.24) is 9.88 Å². The molecule has 5 rings (SSSR count). The van der Waals surface area contributed by atoms with Gasteiger partial charge >= 0.3 is 12.4 Å². The van der Waals surface area contributed by atoms with Crippen molar-refractivity contribution in [1.29, 1.82) is 0 Å². The van der Waals surface area contributed by atoms with Gasteiger partial charge in [-0.2, -0.15) is 26.3 Å². The van der Waals surface area contributed by atoms with E-state index < -0.39 is 29.7 Å². The fourth-order valence-corrected chi connectivity index (χ4v) is 4.31. The molecular formula is C27H19F6N3O2. The van der Waals surface area contributed by atoms with E-state index in [1.807, 2.05) is 31.2 Å². The van der Waals surface area contributed by atoms with Crippen LogP contribution in [0.5, 0.6) is 0 Å². The summed E-state index contributed by atoms with van der Waals surface area (Å²) in [5.74, 6) is 0.349. The van der Waals surface area contributed by atoms with Gasteiger partial charge in [0, 0.05) is 18.0 Å². The molecule has 196 valence electrons. The van der Waals surface area contributed by atoms with E-state index in [1.165, 1.54) is 11.2 Å². The zero-order valence-electron chi connectivity index (χ0n) is 19.7. The van der Waals surface area contributed by atoms with Crippen molar-refractivity contribution < 1.29 is 35.6 Å². The molecule has 11 heteroatoms. The number of furan rings is 1. The van der Waals surface area contributed by atoms with Gasteiger partial charge < -0.3 is 14.2 Å². The molecule has 0 fully saturated rings. The van der Waals surface area contributed by atoms with Crippen molar-refractivity contribution in [2.75, 3.05) is 0 Å². The molecule has 0 saturated carbocycles. The van der Waals surface area contributed by atoms with E-state index in [0.29, 0.717) is 17.7 Å². The number of nitrogens with zero attached hydrogens (tertiary/aromatic N) is 3. The Hall–Kier alpha value is -4.28. The predicted molar refractivity (Wildman–Crippen MR) is 125 cm³/mol. The first-order valence-electron chi connectivity index (χ1n) is 11.3. The molecule has 0 spiro atoms. The Labute approximate surface area is 213 Å². The monoisotopic (exact) mass is 531 g/mol. The van der Waals surface area contributed by atoms with Gasteiger partial charge in [-0.3, -0.25) is 4.98 Å². The van der Waals surface area contributed by atoms with Crippen LogP contribution in [0.25, 0.3) is 11.1 Å². The lowest BCUT2D eigenvalue weighted by atomic mass is 9.97. The first-order valence-corrected chi connectivity index (χ1v) is 11.3. The molecule has 5 nitrogen and oxygen atoms in total. The average Bonchev–Trinajstić information content (AvgIpc) is 3.54. The van der Waals surface area contributed by atoms with Crippen LogP contribution >= 0.6 is 0 Å². The summed E-state index contributed by atoms with van der Waals surface area (Å²) in [6, 6.07) is 13.9. The van der Waals surface area contributed by atoms with Crippen LogP contribution in [0.15, 0.2) is 88.9 Å². The zero-order valence-corrected chi connectivity index (χ0v) is 19.7. The Morgan fingerprint density at radius 3 is 2.21 bits per heavy atom. The molecule has 3 heterocycles. The maximum Gasteiger partial charge on any atom is 0.416 e. The summed E-state index contributed by atoms with van der Waals surface area (Å²) in [5.41, 5.74) is 0.0674. The highest BCUT2D eigenvalue weighted by Crippen LogP contribution is 2.41. The number of oxime groups is 1. The largest absolute Gasteiger partial charge is 0.461 e. The molecule has 1 unspecified atom stereocenters. The molecular weight excluding hydrogens is 512 g/mol. The molecule has 0 bridgehead atoms. The molecule has 0 amide bonds. The van der Waals surface area contributed by atoms with Crippen LogP contribution < -0.4 is 0 Å². The minimum Gasteiger partial charge on any atom is -0.461 e. The quantitative estimate of drug-likeness (QED) is 0.249. The molecule has 1 aliphatic rings. The molecule has 0 radical (unpaired) electrons. The van der Waals surface area contributed by atoms with Gasteiger partial charge in [-0.15, -0.1) is 0 Å². The Morgan fingerprint density at radius 1 is 0.868 bits per heavy atom. The number of hydrogen-bond donors (Lipinski definition) is 0. The number of aromatic nitrogens is 1. The average molecular weight is 531 g/mol. The molecule has 1 atom stereocenters. The normalized spacial score (nSPS) is 15.9. The maximum atomic E-state index is 13.6. The van der Waals surface area contributed by atoms with Crippen LogP contribution in [0.3, 0.4) is 0 Å². The first kappa shape index (κ1) is 25.4. The Morgan fingerprint density at radius 2 is 1.58 bits per heavy atom. The maximum absolute atomic E-state index is 13.6. The second-order valence-electron chi connectivity index (χ2n) is 8.66. The number of pyridine rings is 1. The third-order valence-corrected chi connectivity index (χ3v) is 6.11. The van der Waals surface area contributed by atoms with Crippen LogP contribution in [0.4, 0.5) is 26.3 Å². The third kappa shape index (κ3) is 4.96. The van der Waals surface area contributed by atoms with E-state index in [4.69, 9.17) is 9.25 Å². The molecule has 2 aromatic carbocycles. The van der Waals surface area contributed by atoms with Crippen molar-refractivity contribution in [2.24, 2.45) is 5.16 Å². The predicted octanol–water partition coefficient (Wildman–Crippen LogP) is 7.58. The highest BCUT2D eigenvalue weighted by atomic mass is 19.4. The molecule has 0 saturated heterocycles.